The third kappa shape index (κ3) is 6.22. The molecule has 122 valence electrons. The van der Waals surface area contributed by atoms with Crippen molar-refractivity contribution >= 4 is 11.9 Å². The van der Waals surface area contributed by atoms with Crippen LogP contribution in [0, 0.1) is 0 Å². The van der Waals surface area contributed by atoms with Crippen LogP contribution in [0.3, 0.4) is 0 Å². The summed E-state index contributed by atoms with van der Waals surface area (Å²) in [5.41, 5.74) is 0.444. The average molecular weight is 308 g/mol. The van der Waals surface area contributed by atoms with Crippen molar-refractivity contribution in [1.82, 2.24) is 9.88 Å². The van der Waals surface area contributed by atoms with Crippen molar-refractivity contribution in [2.45, 2.75) is 39.8 Å². The van der Waals surface area contributed by atoms with Gasteiger partial charge in [-0.2, -0.15) is 0 Å². The highest BCUT2D eigenvalue weighted by molar-refractivity contribution is 5.92. The van der Waals surface area contributed by atoms with Crippen LogP contribution >= 0.6 is 0 Å². The molecule has 0 aliphatic rings. The van der Waals surface area contributed by atoms with Crippen LogP contribution in [0.5, 0.6) is 0 Å². The van der Waals surface area contributed by atoms with Gasteiger partial charge in [0.2, 0.25) is 0 Å². The van der Waals surface area contributed by atoms with E-state index in [4.69, 9.17) is 9.47 Å². The minimum atomic E-state index is -0.572. The molecule has 1 aromatic rings. The predicted molar refractivity (Wildman–Crippen MR) is 82.8 cm³/mol. The number of rotatable bonds is 6. The van der Waals surface area contributed by atoms with Crippen molar-refractivity contribution < 1.29 is 19.1 Å². The van der Waals surface area contributed by atoms with Crippen molar-refractivity contribution in [2.75, 3.05) is 20.3 Å². The fraction of sp³-hybridized carbons (Fsp3) is 0.562. The van der Waals surface area contributed by atoms with Crippen molar-refractivity contribution in [3.63, 3.8) is 0 Å². The molecule has 0 aliphatic heterocycles. The Hall–Kier alpha value is -1.95. The van der Waals surface area contributed by atoms with Crippen molar-refractivity contribution in [3.05, 3.63) is 29.6 Å². The number of carbonyl (C=O) groups is 2. The molecule has 22 heavy (non-hydrogen) atoms. The molecule has 0 saturated heterocycles. The molecular weight excluding hydrogens is 284 g/mol. The van der Waals surface area contributed by atoms with Gasteiger partial charge < -0.3 is 9.47 Å². The number of nitrogens with zero attached hydrogens (tertiary/aromatic N) is 2. The number of ether oxygens (including phenoxy) is 2. The van der Waals surface area contributed by atoms with Gasteiger partial charge in [-0.1, -0.05) is 6.07 Å². The lowest BCUT2D eigenvalue weighted by Crippen LogP contribution is -2.38. The topological polar surface area (TPSA) is 68.7 Å². The fourth-order valence-corrected chi connectivity index (χ4v) is 1.72. The van der Waals surface area contributed by atoms with Crippen molar-refractivity contribution in [3.8, 4) is 0 Å². The van der Waals surface area contributed by atoms with Crippen LogP contribution in [0.25, 0.3) is 0 Å². The van der Waals surface area contributed by atoms with Crippen LogP contribution in [0.4, 0.5) is 4.79 Å². The van der Waals surface area contributed by atoms with Gasteiger partial charge in [-0.05, 0) is 32.9 Å². The van der Waals surface area contributed by atoms with Crippen LogP contribution < -0.4 is 0 Å². The van der Waals surface area contributed by atoms with Gasteiger partial charge in [-0.3, -0.25) is 9.69 Å². The Morgan fingerprint density at radius 3 is 2.50 bits per heavy atom. The monoisotopic (exact) mass is 308 g/mol. The summed E-state index contributed by atoms with van der Waals surface area (Å²) in [6.07, 6.45) is -0.431. The zero-order valence-corrected chi connectivity index (χ0v) is 13.9. The zero-order valence-electron chi connectivity index (χ0n) is 13.9. The van der Waals surface area contributed by atoms with Gasteiger partial charge in [0.1, 0.15) is 11.3 Å². The maximum atomic E-state index is 12.2. The summed E-state index contributed by atoms with van der Waals surface area (Å²) in [6.45, 7) is 7.95. The van der Waals surface area contributed by atoms with E-state index < -0.39 is 11.7 Å². The number of hydrogen-bond acceptors (Lipinski definition) is 5. The van der Waals surface area contributed by atoms with Gasteiger partial charge in [0.15, 0.2) is 5.78 Å². The number of amides is 1. The Balaban J connectivity index is 2.86. The molecular formula is C16H24N2O4. The number of ketones is 1. The third-order valence-corrected chi connectivity index (χ3v) is 2.74. The van der Waals surface area contributed by atoms with Gasteiger partial charge in [0.05, 0.1) is 18.8 Å². The lowest BCUT2D eigenvalue weighted by Gasteiger charge is -2.27. The first-order valence-corrected chi connectivity index (χ1v) is 7.16. The highest BCUT2D eigenvalue weighted by Crippen LogP contribution is 2.12. The summed E-state index contributed by atoms with van der Waals surface area (Å²) in [5.74, 6) is -0.109. The second kappa shape index (κ2) is 7.89. The van der Waals surface area contributed by atoms with Crippen LogP contribution in [0.15, 0.2) is 18.2 Å². The molecule has 0 fully saturated rings. The molecule has 6 heteroatoms. The lowest BCUT2D eigenvalue weighted by molar-refractivity contribution is 0.0181. The molecule has 0 radical (unpaired) electrons. The Morgan fingerprint density at radius 2 is 1.95 bits per heavy atom. The van der Waals surface area contributed by atoms with E-state index in [1.165, 1.54) is 11.8 Å². The minimum absolute atomic E-state index is 0.109. The molecule has 1 rings (SSSR count). The van der Waals surface area contributed by atoms with Gasteiger partial charge >= 0.3 is 6.09 Å². The highest BCUT2D eigenvalue weighted by atomic mass is 16.6. The second-order valence-electron chi connectivity index (χ2n) is 5.97. The maximum absolute atomic E-state index is 12.2. The van der Waals surface area contributed by atoms with Gasteiger partial charge in [0, 0.05) is 20.6 Å². The number of methoxy groups -OCH3 is 1. The van der Waals surface area contributed by atoms with E-state index in [1.807, 2.05) is 20.8 Å². The van der Waals surface area contributed by atoms with E-state index in [0.29, 0.717) is 24.5 Å². The van der Waals surface area contributed by atoms with Crippen LogP contribution in [-0.2, 0) is 16.0 Å². The molecule has 1 heterocycles. The van der Waals surface area contributed by atoms with E-state index in [1.54, 1.807) is 25.3 Å². The van der Waals surface area contributed by atoms with Crippen LogP contribution in [0.1, 0.15) is 43.9 Å². The summed E-state index contributed by atoms with van der Waals surface area (Å²) in [6, 6.07) is 5.18. The van der Waals surface area contributed by atoms with Crippen LogP contribution in [0.2, 0.25) is 0 Å². The first-order valence-electron chi connectivity index (χ1n) is 7.16. The number of carbonyl (C=O) groups excluding carboxylic acids is 2. The molecule has 0 aliphatic carbocycles. The maximum Gasteiger partial charge on any atom is 0.410 e. The minimum Gasteiger partial charge on any atom is -0.444 e. The first-order chi connectivity index (χ1) is 10.2. The Labute approximate surface area is 131 Å². The molecule has 0 spiro atoms. The van der Waals surface area contributed by atoms with Crippen molar-refractivity contribution in [1.29, 1.82) is 0 Å². The summed E-state index contributed by atoms with van der Waals surface area (Å²) >= 11 is 0. The fourth-order valence-electron chi connectivity index (χ4n) is 1.72. The lowest BCUT2D eigenvalue weighted by atomic mass is 10.2. The molecule has 0 N–H and O–H groups in total. The summed E-state index contributed by atoms with van der Waals surface area (Å²) in [5, 5.41) is 0. The smallest absolute Gasteiger partial charge is 0.410 e. The standard InChI is InChI=1S/C16H24N2O4/c1-12(19)14-8-6-7-13(17-14)11-18(9-10-21-5)15(20)22-16(2,3)4/h6-8H,9-11H2,1-5H3. The Bertz CT molecular complexity index is 523. The van der Waals surface area contributed by atoms with E-state index >= 15 is 0 Å². The highest BCUT2D eigenvalue weighted by Gasteiger charge is 2.22. The third-order valence-electron chi connectivity index (χ3n) is 2.74. The molecule has 0 unspecified atom stereocenters. The summed E-state index contributed by atoms with van der Waals surface area (Å²) < 4.78 is 10.4. The normalized spacial score (nSPS) is 11.1. The number of pyridine rings is 1. The molecule has 0 bridgehead atoms. The zero-order chi connectivity index (χ0) is 16.8. The van der Waals surface area contributed by atoms with Crippen molar-refractivity contribution in [2.24, 2.45) is 0 Å². The molecule has 0 atom stereocenters. The van der Waals surface area contributed by atoms with E-state index in [2.05, 4.69) is 4.98 Å². The first kappa shape index (κ1) is 18.1. The predicted octanol–water partition coefficient (Wildman–Crippen LogP) is 2.67. The molecule has 0 aromatic carbocycles. The average Bonchev–Trinajstić information content (AvgIpc) is 2.41. The van der Waals surface area contributed by atoms with E-state index in [9.17, 15) is 9.59 Å². The van der Waals surface area contributed by atoms with Crippen LogP contribution in [-0.4, -0.2) is 47.6 Å². The van der Waals surface area contributed by atoms with Gasteiger partial charge in [-0.15, -0.1) is 0 Å². The van der Waals surface area contributed by atoms with E-state index in [0.717, 1.165) is 0 Å². The SMILES string of the molecule is COCCN(Cc1cccc(C(C)=O)n1)C(=O)OC(C)(C)C. The summed E-state index contributed by atoms with van der Waals surface area (Å²) in [7, 11) is 1.57. The number of Topliss-reactive ketones (excluding diaryl/α,β-unsaturated/α-hetero) is 1. The Kier molecular flexibility index (Phi) is 6.49. The van der Waals surface area contributed by atoms with E-state index in [-0.39, 0.29) is 12.3 Å². The molecule has 0 saturated carbocycles. The molecule has 1 amide bonds. The van der Waals surface area contributed by atoms with Gasteiger partial charge in [-0.25, -0.2) is 9.78 Å². The molecule has 1 aromatic heterocycles. The summed E-state index contributed by atoms with van der Waals surface area (Å²) in [4.78, 5) is 29.4. The van der Waals surface area contributed by atoms with Gasteiger partial charge in [0.25, 0.3) is 0 Å². The Morgan fingerprint density at radius 1 is 1.27 bits per heavy atom. The number of aromatic nitrogens is 1. The number of hydrogen-bond donors (Lipinski definition) is 0. The second-order valence-corrected chi connectivity index (χ2v) is 5.97. The largest absolute Gasteiger partial charge is 0.444 e. The quantitative estimate of drug-likeness (QED) is 0.756. The molecule has 6 nitrogen and oxygen atoms in total.